The van der Waals surface area contributed by atoms with Crippen molar-refractivity contribution in [1.29, 1.82) is 0 Å². The first-order valence-electron chi connectivity index (χ1n) is 12.4. The van der Waals surface area contributed by atoms with Crippen molar-refractivity contribution in [3.8, 4) is 39.7 Å². The molecular formula is C34H21N3OPt. The van der Waals surface area contributed by atoms with Crippen LogP contribution in [0.15, 0.2) is 128 Å². The van der Waals surface area contributed by atoms with Crippen molar-refractivity contribution in [3.63, 3.8) is 0 Å². The van der Waals surface area contributed by atoms with Gasteiger partial charge in [-0.2, -0.15) is 24.3 Å². The fourth-order valence-corrected chi connectivity index (χ4v) is 4.82. The molecule has 7 aromatic rings. The van der Waals surface area contributed by atoms with Gasteiger partial charge in [0.25, 0.3) is 0 Å². The Morgan fingerprint density at radius 1 is 0.590 bits per heavy atom. The summed E-state index contributed by atoms with van der Waals surface area (Å²) in [5.41, 5.74) is 6.14. The monoisotopic (exact) mass is 682 g/mol. The molecule has 0 saturated heterocycles. The minimum absolute atomic E-state index is 0. The van der Waals surface area contributed by atoms with Gasteiger partial charge >= 0.3 is 21.1 Å². The van der Waals surface area contributed by atoms with Gasteiger partial charge < -0.3 is 9.30 Å². The first-order chi connectivity index (χ1) is 18.8. The van der Waals surface area contributed by atoms with Gasteiger partial charge in [0.15, 0.2) is 0 Å². The summed E-state index contributed by atoms with van der Waals surface area (Å²) < 4.78 is 8.12. The van der Waals surface area contributed by atoms with Crippen molar-refractivity contribution in [1.82, 2.24) is 14.5 Å². The van der Waals surface area contributed by atoms with Gasteiger partial charge in [-0.05, 0) is 46.3 Å². The number of rotatable bonds is 5. The average Bonchev–Trinajstić information content (AvgIpc) is 3.32. The minimum Gasteiger partial charge on any atom is -0.460 e. The molecule has 0 N–H and O–H groups in total. The molecule has 0 bridgehead atoms. The van der Waals surface area contributed by atoms with Gasteiger partial charge in [0.1, 0.15) is 5.82 Å². The Bertz CT molecular complexity index is 1900. The van der Waals surface area contributed by atoms with Crippen molar-refractivity contribution in [2.75, 3.05) is 0 Å². The molecule has 4 aromatic carbocycles. The number of hydrogen-bond donors (Lipinski definition) is 0. The third-order valence-corrected chi connectivity index (χ3v) is 6.58. The molecule has 3 heterocycles. The average molecular weight is 683 g/mol. The van der Waals surface area contributed by atoms with Crippen molar-refractivity contribution in [2.45, 2.75) is 0 Å². The second-order valence-electron chi connectivity index (χ2n) is 8.95. The maximum atomic E-state index is 5.93. The number of fused-ring (bicyclic) bond motifs is 3. The van der Waals surface area contributed by atoms with Crippen molar-refractivity contribution in [3.05, 3.63) is 140 Å². The van der Waals surface area contributed by atoms with Gasteiger partial charge in [-0.3, -0.25) is 0 Å². The van der Waals surface area contributed by atoms with Crippen LogP contribution in [-0.2, 0) is 21.1 Å². The molecule has 39 heavy (non-hydrogen) atoms. The zero-order chi connectivity index (χ0) is 25.3. The Morgan fingerprint density at radius 3 is 2.28 bits per heavy atom. The van der Waals surface area contributed by atoms with E-state index in [9.17, 15) is 0 Å². The Hall–Kier alpha value is -4.53. The molecule has 0 saturated carbocycles. The van der Waals surface area contributed by atoms with E-state index in [0.717, 1.165) is 49.9 Å². The Labute approximate surface area is 240 Å². The third kappa shape index (κ3) is 4.76. The van der Waals surface area contributed by atoms with Crippen LogP contribution in [0.2, 0.25) is 0 Å². The topological polar surface area (TPSA) is 39.9 Å². The molecule has 7 rings (SSSR count). The first-order valence-corrected chi connectivity index (χ1v) is 12.4. The molecule has 4 nitrogen and oxygen atoms in total. The fourth-order valence-electron chi connectivity index (χ4n) is 4.82. The second-order valence-corrected chi connectivity index (χ2v) is 8.95. The number of para-hydroxylation sites is 1. The molecule has 0 aliphatic carbocycles. The summed E-state index contributed by atoms with van der Waals surface area (Å²) in [5.74, 6) is 1.99. The summed E-state index contributed by atoms with van der Waals surface area (Å²) in [4.78, 5) is 9.03. The summed E-state index contributed by atoms with van der Waals surface area (Å²) >= 11 is 0. The van der Waals surface area contributed by atoms with E-state index in [0.29, 0.717) is 11.6 Å². The number of hydrogen-bond acceptors (Lipinski definition) is 3. The number of pyridine rings is 2. The summed E-state index contributed by atoms with van der Waals surface area (Å²) in [5, 5.41) is 2.28. The van der Waals surface area contributed by atoms with Crippen LogP contribution in [0.3, 0.4) is 0 Å². The van der Waals surface area contributed by atoms with Crippen molar-refractivity contribution < 1.29 is 25.8 Å². The molecule has 5 heteroatoms. The molecule has 0 aliphatic rings. The molecule has 0 radical (unpaired) electrons. The summed E-state index contributed by atoms with van der Waals surface area (Å²) in [6.07, 6.45) is 3.58. The predicted octanol–water partition coefficient (Wildman–Crippen LogP) is 8.30. The molecule has 0 amide bonds. The van der Waals surface area contributed by atoms with Crippen LogP contribution in [0.25, 0.3) is 49.9 Å². The predicted molar refractivity (Wildman–Crippen MR) is 151 cm³/mol. The van der Waals surface area contributed by atoms with Crippen molar-refractivity contribution >= 4 is 21.8 Å². The number of nitrogens with zero attached hydrogens (tertiary/aromatic N) is 3. The zero-order valence-corrected chi connectivity index (χ0v) is 23.0. The van der Waals surface area contributed by atoms with E-state index in [4.69, 9.17) is 9.72 Å². The standard InChI is InChI=1S/C34H21N3O.Pt/c1-2-9-24(10-3-1)27-18-20-35-33(23-27)37-31-14-5-4-13-29(31)30-17-16-26(22-32(30)37)25-11-8-12-28(21-25)38-34-15-6-7-19-36-34;/h1-20,23H;/q-2;+2. The van der Waals surface area contributed by atoms with E-state index in [-0.39, 0.29) is 21.1 Å². The maximum absolute atomic E-state index is 5.93. The van der Waals surface area contributed by atoms with Crippen molar-refractivity contribution in [2.24, 2.45) is 0 Å². The van der Waals surface area contributed by atoms with E-state index < -0.39 is 0 Å². The molecule has 0 unspecified atom stereocenters. The van der Waals surface area contributed by atoms with Crippen LogP contribution in [0.5, 0.6) is 11.6 Å². The van der Waals surface area contributed by atoms with E-state index in [2.05, 4.69) is 88.4 Å². The van der Waals surface area contributed by atoms with E-state index >= 15 is 0 Å². The van der Waals surface area contributed by atoms with E-state index in [1.165, 1.54) is 0 Å². The van der Waals surface area contributed by atoms with Gasteiger partial charge in [0.05, 0.1) is 0 Å². The summed E-state index contributed by atoms with van der Waals surface area (Å²) in [7, 11) is 0. The molecule has 3 aromatic heterocycles. The SMILES string of the molecule is [Pt+2].[c-]1c(Oc2ccccn2)cccc1-c1[c-]c2c(cc1)c1ccccc1n2-c1cc(-c2ccccc2)ccn1. The van der Waals surface area contributed by atoms with Crippen LogP contribution in [0.1, 0.15) is 0 Å². The first kappa shape index (κ1) is 24.8. The Kier molecular flexibility index (Phi) is 6.79. The fraction of sp³-hybridized carbons (Fsp3) is 0. The van der Waals surface area contributed by atoms with Crippen LogP contribution in [0, 0.1) is 12.1 Å². The number of ether oxygens (including phenoxy) is 1. The van der Waals surface area contributed by atoms with Gasteiger partial charge in [-0.1, -0.05) is 60.0 Å². The molecule has 0 spiro atoms. The molecule has 0 atom stereocenters. The second kappa shape index (κ2) is 10.7. The number of aromatic nitrogens is 3. The van der Waals surface area contributed by atoms with Gasteiger partial charge in [-0.25, -0.2) is 21.1 Å². The van der Waals surface area contributed by atoms with Gasteiger partial charge in [0, 0.05) is 29.7 Å². The van der Waals surface area contributed by atoms with Gasteiger partial charge in [0.2, 0.25) is 5.88 Å². The minimum atomic E-state index is 0. The zero-order valence-electron chi connectivity index (χ0n) is 20.7. The molecule has 0 aliphatic heterocycles. The maximum Gasteiger partial charge on any atom is 2.00 e. The van der Waals surface area contributed by atoms with Crippen LogP contribution in [-0.4, -0.2) is 14.5 Å². The summed E-state index contributed by atoms with van der Waals surface area (Å²) in [6, 6.07) is 45.7. The summed E-state index contributed by atoms with van der Waals surface area (Å²) in [6.45, 7) is 0. The third-order valence-electron chi connectivity index (χ3n) is 6.58. The number of benzene rings is 4. The largest absolute Gasteiger partial charge is 2.00 e. The molecule has 188 valence electrons. The Balaban J connectivity index is 0.00000277. The Morgan fingerprint density at radius 2 is 1.41 bits per heavy atom. The molecule has 0 fully saturated rings. The van der Waals surface area contributed by atoms with Crippen LogP contribution >= 0.6 is 0 Å². The quantitative estimate of drug-likeness (QED) is 0.172. The normalized spacial score (nSPS) is 10.9. The van der Waals surface area contributed by atoms with E-state index in [1.807, 2.05) is 54.7 Å². The van der Waals surface area contributed by atoms with Crippen LogP contribution < -0.4 is 4.74 Å². The van der Waals surface area contributed by atoms with Crippen LogP contribution in [0.4, 0.5) is 0 Å². The van der Waals surface area contributed by atoms with E-state index in [1.54, 1.807) is 6.20 Å². The van der Waals surface area contributed by atoms with Gasteiger partial charge in [-0.15, -0.1) is 18.2 Å². The molecular weight excluding hydrogens is 661 g/mol. The smallest absolute Gasteiger partial charge is 0.460 e.